The molecule has 2 aromatic heterocycles. The van der Waals surface area contributed by atoms with Gasteiger partial charge < -0.3 is 9.67 Å². The smallest absolute Gasteiger partial charge is 0.185 e. The molecule has 8 heteroatoms. The summed E-state index contributed by atoms with van der Waals surface area (Å²) in [7, 11) is -3.61. The number of rotatable bonds is 2. The minimum atomic E-state index is -3.61. The number of benzene rings is 1. The van der Waals surface area contributed by atoms with Crippen molar-refractivity contribution >= 4 is 32.1 Å². The van der Waals surface area contributed by atoms with Gasteiger partial charge in [0.1, 0.15) is 27.3 Å². The molecule has 126 valence electrons. The molecular weight excluding hydrogens is 356 g/mol. The summed E-state index contributed by atoms with van der Waals surface area (Å²) in [4.78, 5) is 0. The van der Waals surface area contributed by atoms with Crippen molar-refractivity contribution in [3.63, 3.8) is 0 Å². The lowest BCUT2D eigenvalue weighted by molar-refractivity contribution is 0.0910. The number of hydrogen-bond donors (Lipinski definition) is 1. The zero-order valence-corrected chi connectivity index (χ0v) is 14.2. The predicted molar refractivity (Wildman–Crippen MR) is 87.8 cm³/mol. The van der Waals surface area contributed by atoms with E-state index in [-0.39, 0.29) is 22.0 Å². The summed E-state index contributed by atoms with van der Waals surface area (Å²) >= 11 is 0.979. The van der Waals surface area contributed by atoms with Crippen LogP contribution in [0.1, 0.15) is 17.2 Å². The van der Waals surface area contributed by atoms with Gasteiger partial charge in [0.15, 0.2) is 9.84 Å². The molecule has 0 saturated heterocycles. The van der Waals surface area contributed by atoms with E-state index in [0.717, 1.165) is 17.6 Å². The van der Waals surface area contributed by atoms with E-state index in [1.807, 2.05) is 0 Å². The first-order chi connectivity index (χ1) is 11.3. The van der Waals surface area contributed by atoms with Crippen LogP contribution in [0.4, 0.5) is 8.78 Å². The monoisotopic (exact) mass is 369 g/mol. The molecule has 1 aromatic carbocycles. The van der Waals surface area contributed by atoms with Crippen molar-refractivity contribution in [1.82, 2.24) is 4.57 Å². The highest BCUT2D eigenvalue weighted by Gasteiger charge is 2.40. The highest BCUT2D eigenvalue weighted by molar-refractivity contribution is 7.92. The fourth-order valence-electron chi connectivity index (χ4n) is 3.20. The lowest BCUT2D eigenvalue weighted by atomic mass is 10.2. The Kier molecular flexibility index (Phi) is 3.35. The van der Waals surface area contributed by atoms with Gasteiger partial charge in [-0.2, -0.15) is 0 Å². The summed E-state index contributed by atoms with van der Waals surface area (Å²) in [6.45, 7) is 0. The Morgan fingerprint density at radius 1 is 1.33 bits per heavy atom. The Bertz CT molecular complexity index is 1070. The van der Waals surface area contributed by atoms with Gasteiger partial charge >= 0.3 is 0 Å². The first kappa shape index (κ1) is 15.7. The van der Waals surface area contributed by atoms with Crippen LogP contribution >= 0.6 is 11.3 Å². The van der Waals surface area contributed by atoms with Gasteiger partial charge in [0.2, 0.25) is 0 Å². The molecule has 0 amide bonds. The summed E-state index contributed by atoms with van der Waals surface area (Å²) < 4.78 is 53.6. The molecule has 0 aliphatic heterocycles. The summed E-state index contributed by atoms with van der Waals surface area (Å²) in [5.74, 6) is -0.383. The quantitative estimate of drug-likeness (QED) is 0.755. The molecule has 4 rings (SSSR count). The van der Waals surface area contributed by atoms with Crippen LogP contribution in [-0.4, -0.2) is 30.5 Å². The molecule has 0 radical (unpaired) electrons. The van der Waals surface area contributed by atoms with Gasteiger partial charge in [0.05, 0.1) is 5.52 Å². The molecule has 1 aliphatic rings. The van der Waals surface area contributed by atoms with Crippen molar-refractivity contribution in [2.24, 2.45) is 0 Å². The number of aromatic nitrogens is 1. The number of fused-ring (bicyclic) bond motifs is 2. The van der Waals surface area contributed by atoms with Crippen LogP contribution in [0.15, 0.2) is 34.7 Å². The van der Waals surface area contributed by atoms with E-state index >= 15 is 0 Å². The van der Waals surface area contributed by atoms with E-state index < -0.39 is 22.1 Å². The third-order valence-electron chi connectivity index (χ3n) is 4.27. The van der Waals surface area contributed by atoms with Gasteiger partial charge in [-0.1, -0.05) is 6.07 Å². The molecule has 2 atom stereocenters. The molecule has 1 N–H and O–H groups in total. The maximum absolute atomic E-state index is 14.0. The van der Waals surface area contributed by atoms with Crippen LogP contribution in [0.25, 0.3) is 15.9 Å². The van der Waals surface area contributed by atoms with E-state index in [2.05, 4.69) is 0 Å². The summed E-state index contributed by atoms with van der Waals surface area (Å²) in [6.07, 6.45) is -0.389. The summed E-state index contributed by atoms with van der Waals surface area (Å²) in [6, 6.07) is 6.21. The molecule has 3 aromatic rings. The van der Waals surface area contributed by atoms with E-state index in [4.69, 9.17) is 0 Å². The second-order valence-electron chi connectivity index (χ2n) is 5.88. The number of hydrogen-bond acceptors (Lipinski definition) is 4. The highest BCUT2D eigenvalue weighted by Crippen LogP contribution is 2.46. The Morgan fingerprint density at radius 2 is 2.08 bits per heavy atom. The normalized spacial score (nSPS) is 20.7. The molecule has 0 spiro atoms. The van der Waals surface area contributed by atoms with Crippen molar-refractivity contribution in [3.05, 3.63) is 47.4 Å². The van der Waals surface area contributed by atoms with E-state index in [1.165, 1.54) is 6.07 Å². The number of thiophene rings is 1. The first-order valence-corrected chi connectivity index (χ1v) is 9.93. The van der Waals surface area contributed by atoms with Crippen molar-refractivity contribution < 1.29 is 22.3 Å². The number of aliphatic hydroxyl groups excluding tert-OH is 1. The molecule has 0 bridgehead atoms. The van der Waals surface area contributed by atoms with Crippen LogP contribution in [0, 0.1) is 5.82 Å². The molecule has 24 heavy (non-hydrogen) atoms. The Hall–Kier alpha value is -1.77. The third kappa shape index (κ3) is 2.13. The highest BCUT2D eigenvalue weighted by atomic mass is 32.2. The van der Waals surface area contributed by atoms with Crippen molar-refractivity contribution in [2.75, 3.05) is 6.26 Å². The molecule has 4 nitrogen and oxygen atoms in total. The molecule has 0 unspecified atom stereocenters. The van der Waals surface area contributed by atoms with E-state index in [1.54, 1.807) is 29.0 Å². The topological polar surface area (TPSA) is 59.3 Å². The van der Waals surface area contributed by atoms with Gasteiger partial charge in [-0.05, 0) is 23.8 Å². The molecular formula is C16H13F2NO3S2. The van der Waals surface area contributed by atoms with E-state index in [9.17, 15) is 22.3 Å². The largest absolute Gasteiger partial charge is 0.385 e. The second kappa shape index (κ2) is 5.11. The van der Waals surface area contributed by atoms with Gasteiger partial charge in [0.25, 0.3) is 0 Å². The zero-order chi connectivity index (χ0) is 17.2. The lowest BCUT2D eigenvalue weighted by Crippen LogP contribution is -2.09. The summed E-state index contributed by atoms with van der Waals surface area (Å²) in [5.41, 5.74) is 1.18. The van der Waals surface area contributed by atoms with Crippen LogP contribution in [0.2, 0.25) is 0 Å². The van der Waals surface area contributed by atoms with Gasteiger partial charge in [-0.25, -0.2) is 17.2 Å². The van der Waals surface area contributed by atoms with Gasteiger partial charge in [-0.3, -0.25) is 0 Å². The van der Waals surface area contributed by atoms with Crippen LogP contribution in [-0.2, 0) is 16.3 Å². The minimum absolute atomic E-state index is 0.0293. The first-order valence-electron chi connectivity index (χ1n) is 7.22. The number of alkyl halides is 1. The minimum Gasteiger partial charge on any atom is -0.385 e. The van der Waals surface area contributed by atoms with Crippen molar-refractivity contribution in [3.8, 4) is 5.00 Å². The summed E-state index contributed by atoms with van der Waals surface area (Å²) in [5, 5.41) is 11.0. The average molecular weight is 369 g/mol. The Morgan fingerprint density at radius 3 is 2.79 bits per heavy atom. The second-order valence-corrected chi connectivity index (χ2v) is 9.09. The maximum atomic E-state index is 14.0. The zero-order valence-electron chi connectivity index (χ0n) is 12.5. The molecule has 0 saturated carbocycles. The van der Waals surface area contributed by atoms with Crippen molar-refractivity contribution in [1.29, 1.82) is 0 Å². The van der Waals surface area contributed by atoms with Gasteiger partial charge in [0, 0.05) is 29.8 Å². The Labute approximate surface area is 140 Å². The standard InChI is InChI=1S/C16H13F2NO3S2/c1-24(21,22)16-13-9(7-11(18)14(13)20)15(23-16)19-6-5-8-10(17)3-2-4-12(8)19/h2-6,11,14,20H,7H2,1H3/t11-,14-/m1/s1. The van der Waals surface area contributed by atoms with Crippen LogP contribution in [0.5, 0.6) is 0 Å². The number of aliphatic hydroxyl groups is 1. The van der Waals surface area contributed by atoms with Crippen molar-refractivity contribution in [2.45, 2.75) is 22.9 Å². The van der Waals surface area contributed by atoms with Gasteiger partial charge in [-0.15, -0.1) is 11.3 Å². The Balaban J connectivity index is 2.04. The predicted octanol–water partition coefficient (Wildman–Crippen LogP) is 3.16. The third-order valence-corrected chi connectivity index (χ3v) is 7.36. The number of sulfone groups is 1. The molecule has 1 aliphatic carbocycles. The molecule has 0 fully saturated rings. The van der Waals surface area contributed by atoms with Crippen LogP contribution in [0.3, 0.4) is 0 Å². The molecule has 2 heterocycles. The fourth-order valence-corrected chi connectivity index (χ4v) is 5.79. The average Bonchev–Trinajstić information content (AvgIpc) is 3.14. The lowest BCUT2D eigenvalue weighted by Gasteiger charge is -2.07. The SMILES string of the molecule is CS(=O)(=O)c1sc(-n2ccc3c(F)cccc32)c2c1[C@H](O)[C@H](F)C2. The number of nitrogens with zero attached hydrogens (tertiary/aromatic N) is 1. The fraction of sp³-hybridized carbons (Fsp3) is 0.250. The maximum Gasteiger partial charge on any atom is 0.185 e. The number of halogens is 2. The van der Waals surface area contributed by atoms with E-state index in [0.29, 0.717) is 21.5 Å². The van der Waals surface area contributed by atoms with Crippen LogP contribution < -0.4 is 0 Å².